The summed E-state index contributed by atoms with van der Waals surface area (Å²) in [5.41, 5.74) is 7.64. The van der Waals surface area contributed by atoms with Gasteiger partial charge in [-0.15, -0.1) is 0 Å². The molecule has 3 N–H and O–H groups in total. The van der Waals surface area contributed by atoms with Crippen molar-refractivity contribution in [2.24, 2.45) is 0 Å². The van der Waals surface area contributed by atoms with Crippen LogP contribution in [0.3, 0.4) is 0 Å². The summed E-state index contributed by atoms with van der Waals surface area (Å²) in [6, 6.07) is 5.69. The number of hydrogen-bond acceptors (Lipinski definition) is 3. The van der Waals surface area contributed by atoms with Crippen molar-refractivity contribution in [1.29, 1.82) is 0 Å². The van der Waals surface area contributed by atoms with Crippen molar-refractivity contribution in [3.05, 3.63) is 40.9 Å². The van der Waals surface area contributed by atoms with Crippen LogP contribution >= 0.6 is 15.9 Å². The smallest absolute Gasteiger partial charge is 0.272 e. The van der Waals surface area contributed by atoms with E-state index in [0.29, 0.717) is 27.7 Å². The highest BCUT2D eigenvalue weighted by Gasteiger charge is 2.27. The second-order valence-electron chi connectivity index (χ2n) is 4.59. The van der Waals surface area contributed by atoms with E-state index in [9.17, 15) is 4.79 Å². The molecular formula is C13H13BrN4O. The Hall–Kier alpha value is -1.82. The van der Waals surface area contributed by atoms with Gasteiger partial charge in [-0.3, -0.25) is 4.79 Å². The van der Waals surface area contributed by atoms with Crippen LogP contribution in [0.5, 0.6) is 0 Å². The van der Waals surface area contributed by atoms with Crippen molar-refractivity contribution in [2.75, 3.05) is 11.1 Å². The van der Waals surface area contributed by atoms with Gasteiger partial charge in [0.05, 0.1) is 11.4 Å². The van der Waals surface area contributed by atoms with Gasteiger partial charge in [-0.2, -0.15) is 0 Å². The molecule has 6 heteroatoms. The van der Waals surface area contributed by atoms with E-state index < -0.39 is 0 Å². The molecular weight excluding hydrogens is 308 g/mol. The molecule has 0 atom stereocenters. The fraction of sp³-hybridized carbons (Fsp3) is 0.231. The quantitative estimate of drug-likeness (QED) is 0.854. The Labute approximate surface area is 119 Å². The van der Waals surface area contributed by atoms with Gasteiger partial charge in [0.1, 0.15) is 10.3 Å². The van der Waals surface area contributed by atoms with Gasteiger partial charge in [0.2, 0.25) is 0 Å². The highest BCUT2D eigenvalue weighted by Crippen LogP contribution is 2.37. The van der Waals surface area contributed by atoms with Crippen molar-refractivity contribution in [1.82, 2.24) is 9.55 Å². The van der Waals surface area contributed by atoms with Crippen LogP contribution in [0.25, 0.3) is 0 Å². The lowest BCUT2D eigenvalue weighted by molar-refractivity contribution is 0.101. The van der Waals surface area contributed by atoms with E-state index in [1.807, 2.05) is 10.8 Å². The lowest BCUT2D eigenvalue weighted by Crippen LogP contribution is -2.16. The molecule has 1 fully saturated rings. The topological polar surface area (TPSA) is 72.9 Å². The SMILES string of the molecule is Nc1cc(C(=O)Nc2cccnc2Br)n(C2CC2)c1. The number of halogens is 1. The van der Waals surface area contributed by atoms with Gasteiger partial charge in [-0.05, 0) is 47.0 Å². The first kappa shape index (κ1) is 12.2. The molecule has 2 heterocycles. The fourth-order valence-corrected chi connectivity index (χ4v) is 2.35. The van der Waals surface area contributed by atoms with Crippen LogP contribution in [0.1, 0.15) is 29.4 Å². The van der Waals surface area contributed by atoms with E-state index in [1.54, 1.807) is 24.4 Å². The molecule has 0 saturated heterocycles. The average molecular weight is 321 g/mol. The summed E-state index contributed by atoms with van der Waals surface area (Å²) in [6.45, 7) is 0. The van der Waals surface area contributed by atoms with Gasteiger partial charge >= 0.3 is 0 Å². The maximum Gasteiger partial charge on any atom is 0.272 e. The highest BCUT2D eigenvalue weighted by molar-refractivity contribution is 9.10. The molecule has 1 amide bonds. The van der Waals surface area contributed by atoms with Crippen LogP contribution in [-0.4, -0.2) is 15.5 Å². The number of carbonyl (C=O) groups is 1. The van der Waals surface area contributed by atoms with E-state index in [1.165, 1.54) is 0 Å². The number of amides is 1. The molecule has 1 aliphatic rings. The monoisotopic (exact) mass is 320 g/mol. The molecule has 3 rings (SSSR count). The van der Waals surface area contributed by atoms with E-state index in [-0.39, 0.29) is 5.91 Å². The lowest BCUT2D eigenvalue weighted by atomic mass is 10.3. The Morgan fingerprint density at radius 1 is 1.53 bits per heavy atom. The van der Waals surface area contributed by atoms with Crippen LogP contribution < -0.4 is 11.1 Å². The Morgan fingerprint density at radius 3 is 3.00 bits per heavy atom. The van der Waals surface area contributed by atoms with E-state index in [0.717, 1.165) is 12.8 Å². The van der Waals surface area contributed by atoms with Crippen LogP contribution in [0.15, 0.2) is 35.2 Å². The highest BCUT2D eigenvalue weighted by atomic mass is 79.9. The van der Waals surface area contributed by atoms with Crippen LogP contribution in [0, 0.1) is 0 Å². The first-order valence-corrected chi connectivity index (χ1v) is 6.83. The molecule has 2 aromatic rings. The van der Waals surface area contributed by atoms with Crippen LogP contribution in [-0.2, 0) is 0 Å². The van der Waals surface area contributed by atoms with Crippen LogP contribution in [0.4, 0.5) is 11.4 Å². The number of nitrogens with one attached hydrogen (secondary N) is 1. The zero-order chi connectivity index (χ0) is 13.4. The molecule has 0 radical (unpaired) electrons. The van der Waals surface area contributed by atoms with Crippen molar-refractivity contribution in [3.8, 4) is 0 Å². The summed E-state index contributed by atoms with van der Waals surface area (Å²) in [6.07, 6.45) is 5.69. The second kappa shape index (κ2) is 4.70. The number of nitrogen functional groups attached to an aromatic ring is 1. The number of pyridine rings is 1. The number of nitrogens with zero attached hydrogens (tertiary/aromatic N) is 2. The second-order valence-corrected chi connectivity index (χ2v) is 5.34. The summed E-state index contributed by atoms with van der Waals surface area (Å²) in [5, 5.41) is 2.84. The van der Waals surface area contributed by atoms with E-state index >= 15 is 0 Å². The van der Waals surface area contributed by atoms with Gasteiger partial charge < -0.3 is 15.6 Å². The lowest BCUT2D eigenvalue weighted by Gasteiger charge is -2.09. The fourth-order valence-electron chi connectivity index (χ4n) is 2.00. The summed E-state index contributed by atoms with van der Waals surface area (Å²) in [5.74, 6) is -0.169. The third-order valence-electron chi connectivity index (χ3n) is 3.05. The van der Waals surface area contributed by atoms with Crippen molar-refractivity contribution < 1.29 is 4.79 Å². The molecule has 19 heavy (non-hydrogen) atoms. The largest absolute Gasteiger partial charge is 0.397 e. The van der Waals surface area contributed by atoms with E-state index in [4.69, 9.17) is 5.73 Å². The van der Waals surface area contributed by atoms with Gasteiger partial charge in [0.15, 0.2) is 0 Å². The predicted molar refractivity (Wildman–Crippen MR) is 77.0 cm³/mol. The maximum absolute atomic E-state index is 12.3. The van der Waals surface area contributed by atoms with Crippen molar-refractivity contribution >= 4 is 33.2 Å². The molecule has 98 valence electrons. The molecule has 0 spiro atoms. The Balaban J connectivity index is 1.86. The van der Waals surface area contributed by atoms with E-state index in [2.05, 4.69) is 26.2 Å². The summed E-state index contributed by atoms with van der Waals surface area (Å²) in [4.78, 5) is 16.4. The number of rotatable bonds is 3. The van der Waals surface area contributed by atoms with Gasteiger partial charge in [-0.25, -0.2) is 4.98 Å². The normalized spacial score (nSPS) is 14.4. The number of carbonyl (C=O) groups excluding carboxylic acids is 1. The van der Waals surface area contributed by atoms with Crippen molar-refractivity contribution in [2.45, 2.75) is 18.9 Å². The molecule has 2 aromatic heterocycles. The third-order valence-corrected chi connectivity index (χ3v) is 3.68. The summed E-state index contributed by atoms with van der Waals surface area (Å²) in [7, 11) is 0. The van der Waals surface area contributed by atoms with Crippen LogP contribution in [0.2, 0.25) is 0 Å². The number of aromatic nitrogens is 2. The zero-order valence-electron chi connectivity index (χ0n) is 10.1. The molecule has 1 aliphatic carbocycles. The van der Waals surface area contributed by atoms with Gasteiger partial charge in [0.25, 0.3) is 5.91 Å². The minimum atomic E-state index is -0.169. The Morgan fingerprint density at radius 2 is 2.32 bits per heavy atom. The molecule has 0 bridgehead atoms. The minimum absolute atomic E-state index is 0.169. The summed E-state index contributed by atoms with van der Waals surface area (Å²) < 4.78 is 2.57. The number of hydrogen-bond donors (Lipinski definition) is 2. The predicted octanol–water partition coefficient (Wildman–Crippen LogP) is 2.82. The first-order chi connectivity index (χ1) is 9.15. The molecule has 0 aliphatic heterocycles. The molecule has 0 unspecified atom stereocenters. The Bertz CT molecular complexity index is 633. The summed E-state index contributed by atoms with van der Waals surface area (Å²) >= 11 is 3.30. The maximum atomic E-state index is 12.3. The zero-order valence-corrected chi connectivity index (χ0v) is 11.7. The molecule has 1 saturated carbocycles. The molecule has 5 nitrogen and oxygen atoms in total. The van der Waals surface area contributed by atoms with Gasteiger partial charge in [0, 0.05) is 18.4 Å². The standard InChI is InChI=1S/C13H13BrN4O/c14-12-10(2-1-5-16-12)17-13(19)11-6-8(15)7-18(11)9-3-4-9/h1-2,5-7,9H,3-4,15H2,(H,17,19). The van der Waals surface area contributed by atoms with Crippen molar-refractivity contribution in [3.63, 3.8) is 0 Å². The average Bonchev–Trinajstić information content (AvgIpc) is 3.15. The number of nitrogens with two attached hydrogens (primary N) is 1. The van der Waals surface area contributed by atoms with Gasteiger partial charge in [-0.1, -0.05) is 0 Å². The first-order valence-electron chi connectivity index (χ1n) is 6.04. The Kier molecular flexibility index (Phi) is 3.02. The molecule has 0 aromatic carbocycles. The third kappa shape index (κ3) is 2.49. The minimum Gasteiger partial charge on any atom is -0.397 e. The number of anilines is 2.